The first-order valence-electron chi connectivity index (χ1n) is 5.96. The van der Waals surface area contributed by atoms with Crippen molar-refractivity contribution in [1.29, 1.82) is 0 Å². The molecule has 1 aromatic rings. The number of nitrogens with one attached hydrogen (secondary N) is 2. The van der Waals surface area contributed by atoms with Gasteiger partial charge in [-0.1, -0.05) is 0 Å². The number of non-ortho nitro benzene ring substituents is 1. The number of carbonyl (C=O) groups excluding carboxylic acids is 1. The molecule has 0 saturated carbocycles. The van der Waals surface area contributed by atoms with Crippen LogP contribution in [0.15, 0.2) is 23.1 Å². The van der Waals surface area contributed by atoms with Crippen LogP contribution in [-0.2, 0) is 14.8 Å². The lowest BCUT2D eigenvalue weighted by Gasteiger charge is -2.11. The lowest BCUT2D eigenvalue weighted by atomic mass is 10.3. The van der Waals surface area contributed by atoms with E-state index in [-0.39, 0.29) is 22.3 Å². The first-order chi connectivity index (χ1) is 9.63. The van der Waals surface area contributed by atoms with Crippen molar-refractivity contribution >= 4 is 27.3 Å². The van der Waals surface area contributed by atoms with Crippen LogP contribution in [0.3, 0.4) is 0 Å². The van der Waals surface area contributed by atoms with Crippen molar-refractivity contribution in [3.8, 4) is 0 Å². The van der Waals surface area contributed by atoms with Crippen LogP contribution in [0.4, 0.5) is 11.4 Å². The molecule has 1 amide bonds. The van der Waals surface area contributed by atoms with Crippen molar-refractivity contribution in [2.45, 2.75) is 24.8 Å². The van der Waals surface area contributed by atoms with E-state index in [2.05, 4.69) is 10.0 Å². The van der Waals surface area contributed by atoms with Crippen molar-refractivity contribution < 1.29 is 18.1 Å². The topological polar surface area (TPSA) is 144 Å². The minimum Gasteiger partial charge on any atom is -0.397 e. The zero-order valence-electron chi connectivity index (χ0n) is 11.5. The number of nitrogens with zero attached hydrogens (tertiary/aromatic N) is 1. The number of nitro benzene ring substituents is 1. The van der Waals surface area contributed by atoms with Gasteiger partial charge in [0.1, 0.15) is 4.90 Å². The van der Waals surface area contributed by atoms with Gasteiger partial charge in [0.15, 0.2) is 0 Å². The number of hydrogen-bond acceptors (Lipinski definition) is 6. The average molecular weight is 316 g/mol. The summed E-state index contributed by atoms with van der Waals surface area (Å²) < 4.78 is 26.0. The maximum Gasteiger partial charge on any atom is 0.271 e. The molecule has 0 spiro atoms. The third kappa shape index (κ3) is 4.68. The SMILES string of the molecule is CC(C)NC(=O)CNS(=O)(=O)c1ccc([N+](=O)[O-])cc1N. The van der Waals surface area contributed by atoms with Crippen LogP contribution in [0.1, 0.15) is 13.8 Å². The third-order valence-electron chi connectivity index (χ3n) is 2.37. The molecular formula is C11H16N4O5S. The fraction of sp³-hybridized carbons (Fsp3) is 0.364. The predicted molar refractivity (Wildman–Crippen MR) is 76.0 cm³/mol. The largest absolute Gasteiger partial charge is 0.397 e. The number of hydrogen-bond donors (Lipinski definition) is 3. The van der Waals surface area contributed by atoms with Crippen LogP contribution in [0.25, 0.3) is 0 Å². The Hall–Kier alpha value is -2.20. The molecule has 10 heteroatoms. The van der Waals surface area contributed by atoms with E-state index in [0.717, 1.165) is 18.2 Å². The van der Waals surface area contributed by atoms with E-state index in [1.54, 1.807) is 13.8 Å². The third-order valence-corrected chi connectivity index (χ3v) is 3.84. The molecule has 0 saturated heterocycles. The Morgan fingerprint density at radius 2 is 2.05 bits per heavy atom. The molecule has 0 unspecified atom stereocenters. The molecule has 0 aliphatic heterocycles. The molecule has 0 aliphatic rings. The molecular weight excluding hydrogens is 300 g/mol. The molecule has 1 aromatic carbocycles. The van der Waals surface area contributed by atoms with Crippen LogP contribution >= 0.6 is 0 Å². The van der Waals surface area contributed by atoms with Gasteiger partial charge in [-0.15, -0.1) is 0 Å². The van der Waals surface area contributed by atoms with Gasteiger partial charge < -0.3 is 11.1 Å². The maximum absolute atomic E-state index is 12.0. The van der Waals surface area contributed by atoms with E-state index < -0.39 is 27.4 Å². The molecule has 0 radical (unpaired) electrons. The second kappa shape index (κ2) is 6.50. The first-order valence-corrected chi connectivity index (χ1v) is 7.44. The molecule has 9 nitrogen and oxygen atoms in total. The van der Waals surface area contributed by atoms with Crippen LogP contribution in [0.5, 0.6) is 0 Å². The molecule has 1 rings (SSSR count). The van der Waals surface area contributed by atoms with Gasteiger partial charge >= 0.3 is 0 Å². The van der Waals surface area contributed by atoms with Crippen molar-refractivity contribution in [2.24, 2.45) is 0 Å². The van der Waals surface area contributed by atoms with Crippen LogP contribution in [-0.4, -0.2) is 31.8 Å². The Balaban J connectivity index is 2.88. The Morgan fingerprint density at radius 1 is 1.43 bits per heavy atom. The average Bonchev–Trinajstić information content (AvgIpc) is 2.35. The molecule has 21 heavy (non-hydrogen) atoms. The highest BCUT2D eigenvalue weighted by Crippen LogP contribution is 2.23. The summed E-state index contributed by atoms with van der Waals surface area (Å²) in [6.07, 6.45) is 0. The second-order valence-electron chi connectivity index (χ2n) is 4.53. The van der Waals surface area contributed by atoms with Gasteiger partial charge in [0, 0.05) is 18.2 Å². The molecule has 0 aliphatic carbocycles. The predicted octanol–water partition coefficient (Wildman–Crippen LogP) is -0.0201. The zero-order valence-corrected chi connectivity index (χ0v) is 12.3. The quantitative estimate of drug-likeness (QED) is 0.382. The smallest absolute Gasteiger partial charge is 0.271 e. The number of sulfonamides is 1. The van der Waals surface area contributed by atoms with Crippen molar-refractivity contribution in [3.05, 3.63) is 28.3 Å². The summed E-state index contributed by atoms with van der Waals surface area (Å²) in [5.41, 5.74) is 4.93. The van der Waals surface area contributed by atoms with E-state index in [1.807, 2.05) is 0 Å². The van der Waals surface area contributed by atoms with E-state index in [0.29, 0.717) is 0 Å². The van der Waals surface area contributed by atoms with Gasteiger partial charge in [0.25, 0.3) is 5.69 Å². The van der Waals surface area contributed by atoms with E-state index >= 15 is 0 Å². The highest BCUT2D eigenvalue weighted by atomic mass is 32.2. The van der Waals surface area contributed by atoms with Crippen LogP contribution < -0.4 is 15.8 Å². The fourth-order valence-electron chi connectivity index (χ4n) is 1.51. The summed E-state index contributed by atoms with van der Waals surface area (Å²) in [4.78, 5) is 21.0. The van der Waals surface area contributed by atoms with Gasteiger partial charge in [-0.3, -0.25) is 14.9 Å². The van der Waals surface area contributed by atoms with E-state index in [1.165, 1.54) is 0 Å². The van der Waals surface area contributed by atoms with E-state index in [9.17, 15) is 23.3 Å². The van der Waals surface area contributed by atoms with Crippen molar-refractivity contribution in [1.82, 2.24) is 10.0 Å². The normalized spacial score (nSPS) is 11.4. The molecule has 0 bridgehead atoms. The first kappa shape index (κ1) is 16.9. The maximum atomic E-state index is 12.0. The number of amides is 1. The molecule has 0 heterocycles. The fourth-order valence-corrected chi connectivity index (χ4v) is 2.60. The monoisotopic (exact) mass is 316 g/mol. The van der Waals surface area contributed by atoms with Crippen molar-refractivity contribution in [2.75, 3.05) is 12.3 Å². The molecule has 116 valence electrons. The summed E-state index contributed by atoms with van der Waals surface area (Å²) in [6.45, 7) is 3.03. The van der Waals surface area contributed by atoms with Gasteiger partial charge in [0.2, 0.25) is 15.9 Å². The number of nitro groups is 1. The highest BCUT2D eigenvalue weighted by molar-refractivity contribution is 7.89. The Kier molecular flexibility index (Phi) is 5.22. The number of anilines is 1. The molecule has 0 fully saturated rings. The Bertz CT molecular complexity index is 657. The Morgan fingerprint density at radius 3 is 2.52 bits per heavy atom. The van der Waals surface area contributed by atoms with Gasteiger partial charge in [-0.25, -0.2) is 13.1 Å². The summed E-state index contributed by atoms with van der Waals surface area (Å²) in [7, 11) is -4.02. The highest BCUT2D eigenvalue weighted by Gasteiger charge is 2.20. The molecule has 0 atom stereocenters. The second-order valence-corrected chi connectivity index (χ2v) is 6.26. The number of nitrogens with two attached hydrogens (primary N) is 1. The summed E-state index contributed by atoms with van der Waals surface area (Å²) in [5.74, 6) is -0.492. The number of nitrogen functional groups attached to an aromatic ring is 1. The lowest BCUT2D eigenvalue weighted by molar-refractivity contribution is -0.384. The summed E-state index contributed by atoms with van der Waals surface area (Å²) >= 11 is 0. The molecule has 0 aromatic heterocycles. The summed E-state index contributed by atoms with van der Waals surface area (Å²) in [5, 5.41) is 13.1. The number of carbonyl (C=O) groups is 1. The van der Waals surface area contributed by atoms with E-state index in [4.69, 9.17) is 5.73 Å². The van der Waals surface area contributed by atoms with Gasteiger partial charge in [-0.05, 0) is 19.9 Å². The standard InChI is InChI=1S/C11H16N4O5S/c1-7(2)14-11(16)6-13-21(19,20)10-4-3-8(15(17)18)5-9(10)12/h3-5,7,13H,6,12H2,1-2H3,(H,14,16). The van der Waals surface area contributed by atoms with Gasteiger partial charge in [0.05, 0.1) is 17.2 Å². The lowest BCUT2D eigenvalue weighted by Crippen LogP contribution is -2.39. The minimum absolute atomic E-state index is 0.119. The minimum atomic E-state index is -4.02. The van der Waals surface area contributed by atoms with Crippen LogP contribution in [0.2, 0.25) is 0 Å². The van der Waals surface area contributed by atoms with Crippen LogP contribution in [0, 0.1) is 10.1 Å². The summed E-state index contributed by atoms with van der Waals surface area (Å²) in [6, 6.07) is 2.88. The van der Waals surface area contributed by atoms with Crippen molar-refractivity contribution in [3.63, 3.8) is 0 Å². The van der Waals surface area contributed by atoms with Gasteiger partial charge in [-0.2, -0.15) is 0 Å². The number of rotatable bonds is 6. The molecule has 4 N–H and O–H groups in total. The Labute approximate surface area is 121 Å². The zero-order chi connectivity index (χ0) is 16.2. The number of benzene rings is 1.